The van der Waals surface area contributed by atoms with Crippen molar-refractivity contribution in [3.8, 4) is 6.07 Å². The highest BCUT2D eigenvalue weighted by Gasteiger charge is 2.30. The number of thiazole rings is 1. The molecule has 1 amide bonds. The maximum atomic E-state index is 12.2. The number of rotatable bonds is 5. The van der Waals surface area contributed by atoms with Crippen molar-refractivity contribution in [3.05, 3.63) is 52.8 Å². The lowest BCUT2D eigenvalue weighted by molar-refractivity contribution is 0.0828. The number of allylic oxidation sites excluding steroid dienone is 1. The minimum atomic E-state index is -0.0434. The molecule has 1 fully saturated rings. The fourth-order valence-electron chi connectivity index (χ4n) is 3.55. The van der Waals surface area contributed by atoms with Gasteiger partial charge in [-0.1, -0.05) is 22.9 Å². The number of hydrogen-bond donors (Lipinski definition) is 2. The molecule has 1 saturated carbocycles. The molecule has 31 heavy (non-hydrogen) atoms. The van der Waals surface area contributed by atoms with Gasteiger partial charge in [-0.05, 0) is 36.6 Å². The lowest BCUT2D eigenvalue weighted by Gasteiger charge is -2.14. The monoisotopic (exact) mass is 453 g/mol. The van der Waals surface area contributed by atoms with Gasteiger partial charge in [0.15, 0.2) is 5.13 Å². The van der Waals surface area contributed by atoms with Gasteiger partial charge < -0.3 is 15.5 Å². The van der Waals surface area contributed by atoms with E-state index in [-0.39, 0.29) is 18.0 Å². The quantitative estimate of drug-likeness (QED) is 0.563. The average Bonchev–Trinajstić information content (AvgIpc) is 3.32. The number of hydrogen-bond acceptors (Lipinski definition) is 8. The van der Waals surface area contributed by atoms with E-state index in [2.05, 4.69) is 31.7 Å². The van der Waals surface area contributed by atoms with Crippen molar-refractivity contribution in [3.63, 3.8) is 0 Å². The van der Waals surface area contributed by atoms with Gasteiger partial charge >= 0.3 is 0 Å². The molecule has 0 saturated heterocycles. The zero-order valence-electron chi connectivity index (χ0n) is 17.0. The Labute approximate surface area is 188 Å². The number of anilines is 2. The van der Waals surface area contributed by atoms with Gasteiger partial charge in [0.1, 0.15) is 0 Å². The third-order valence-electron chi connectivity index (χ3n) is 4.99. The van der Waals surface area contributed by atoms with E-state index in [0.717, 1.165) is 27.3 Å². The minimum Gasteiger partial charge on any atom is -0.355 e. The maximum absolute atomic E-state index is 12.2. The highest BCUT2D eigenvalue weighted by molar-refractivity contribution is 7.22. The van der Waals surface area contributed by atoms with E-state index < -0.39 is 0 Å². The Bertz CT molecular complexity index is 1180. The number of fused-ring (bicyclic) bond motifs is 1. The molecular weight excluding hydrogens is 434 g/mol. The van der Waals surface area contributed by atoms with E-state index in [4.69, 9.17) is 11.6 Å². The van der Waals surface area contributed by atoms with Gasteiger partial charge in [-0.2, -0.15) is 5.26 Å². The van der Waals surface area contributed by atoms with Crippen LogP contribution in [0.1, 0.15) is 23.2 Å². The number of amides is 1. The third-order valence-corrected chi connectivity index (χ3v) is 6.14. The zero-order valence-corrected chi connectivity index (χ0v) is 18.5. The van der Waals surface area contributed by atoms with Gasteiger partial charge in [0.2, 0.25) is 5.95 Å². The molecule has 158 valence electrons. The van der Waals surface area contributed by atoms with E-state index in [1.807, 2.05) is 12.1 Å². The summed E-state index contributed by atoms with van der Waals surface area (Å²) in [4.78, 5) is 26.8. The summed E-state index contributed by atoms with van der Waals surface area (Å²) in [5.41, 5.74) is 2.46. The van der Waals surface area contributed by atoms with Gasteiger partial charge in [0.05, 0.1) is 39.7 Å². The molecule has 4 rings (SSSR count). The van der Waals surface area contributed by atoms with Gasteiger partial charge in [0, 0.05) is 31.8 Å². The Morgan fingerprint density at radius 2 is 2.10 bits per heavy atom. The minimum absolute atomic E-state index is 0.0344. The summed E-state index contributed by atoms with van der Waals surface area (Å²) in [6, 6.07) is 7.69. The van der Waals surface area contributed by atoms with Crippen LogP contribution in [0.4, 0.5) is 11.1 Å². The van der Waals surface area contributed by atoms with Crippen molar-refractivity contribution in [1.29, 1.82) is 5.26 Å². The van der Waals surface area contributed by atoms with Crippen molar-refractivity contribution >= 4 is 50.1 Å². The third kappa shape index (κ3) is 4.76. The molecule has 1 aliphatic carbocycles. The van der Waals surface area contributed by atoms with Crippen LogP contribution >= 0.6 is 22.9 Å². The van der Waals surface area contributed by atoms with Gasteiger partial charge in [0.25, 0.3) is 5.91 Å². The van der Waals surface area contributed by atoms with Crippen molar-refractivity contribution in [2.45, 2.75) is 24.9 Å². The van der Waals surface area contributed by atoms with Crippen LogP contribution in [0, 0.1) is 11.3 Å². The van der Waals surface area contributed by atoms with Crippen LogP contribution in [0.25, 0.3) is 10.2 Å². The number of carbonyl (C=O) groups excluding carboxylic acids is 1. The first-order valence-electron chi connectivity index (χ1n) is 9.64. The second-order valence-corrected chi connectivity index (χ2v) is 8.92. The van der Waals surface area contributed by atoms with Crippen molar-refractivity contribution < 1.29 is 4.79 Å². The standard InChI is InChI=1S/C21H20ClN7OS/c1-29(2)19(30)13-3-4-16-18(8-13)31-21(27-16)28-17-9-15(7-12(17)5-6-23)26-20-24-10-14(22)11-25-20/h3-5,8,10-11,15,17H,7,9H2,1-2H3,(H,27,28)(H,24,25,26)/t15-,17+/m0/s1. The number of aromatic nitrogens is 3. The highest BCUT2D eigenvalue weighted by Crippen LogP contribution is 2.33. The van der Waals surface area contributed by atoms with Crippen LogP contribution in [0.3, 0.4) is 0 Å². The normalized spacial score (nSPS) is 19.4. The first-order valence-corrected chi connectivity index (χ1v) is 10.8. The number of carbonyl (C=O) groups is 1. The highest BCUT2D eigenvalue weighted by atomic mass is 35.5. The Hall–Kier alpha value is -3.22. The van der Waals surface area contributed by atoms with E-state index in [1.165, 1.54) is 11.3 Å². The molecule has 3 aromatic rings. The lowest BCUT2D eigenvalue weighted by atomic mass is 10.1. The first-order chi connectivity index (χ1) is 14.9. The molecule has 10 heteroatoms. The van der Waals surface area contributed by atoms with E-state index in [1.54, 1.807) is 43.5 Å². The maximum Gasteiger partial charge on any atom is 0.253 e. The fraction of sp³-hybridized carbons (Fsp3) is 0.286. The molecular formula is C21H20ClN7OS. The van der Waals surface area contributed by atoms with Crippen LogP contribution in [0.5, 0.6) is 0 Å². The smallest absolute Gasteiger partial charge is 0.253 e. The fourth-order valence-corrected chi connectivity index (χ4v) is 4.60. The van der Waals surface area contributed by atoms with Gasteiger partial charge in [-0.25, -0.2) is 15.0 Å². The largest absolute Gasteiger partial charge is 0.355 e. The van der Waals surface area contributed by atoms with Gasteiger partial charge in [-0.3, -0.25) is 4.79 Å². The Balaban J connectivity index is 1.50. The van der Waals surface area contributed by atoms with E-state index >= 15 is 0 Å². The Morgan fingerprint density at radius 3 is 2.81 bits per heavy atom. The van der Waals surface area contributed by atoms with Crippen LogP contribution in [0.15, 0.2) is 42.2 Å². The second-order valence-electron chi connectivity index (χ2n) is 7.45. The molecule has 0 spiro atoms. The number of nitrogens with one attached hydrogen (secondary N) is 2. The summed E-state index contributed by atoms with van der Waals surface area (Å²) in [6.45, 7) is 0. The second kappa shape index (κ2) is 8.88. The summed E-state index contributed by atoms with van der Waals surface area (Å²) in [7, 11) is 3.46. The molecule has 2 atom stereocenters. The van der Waals surface area contributed by atoms with Crippen molar-refractivity contribution in [1.82, 2.24) is 19.9 Å². The average molecular weight is 454 g/mol. The number of nitriles is 1. The molecule has 1 aromatic carbocycles. The van der Waals surface area contributed by atoms with E-state index in [0.29, 0.717) is 23.0 Å². The van der Waals surface area contributed by atoms with Crippen LogP contribution < -0.4 is 10.6 Å². The Kier molecular flexibility index (Phi) is 6.02. The molecule has 0 aliphatic heterocycles. The summed E-state index contributed by atoms with van der Waals surface area (Å²) in [5, 5.41) is 17.2. The van der Waals surface area contributed by atoms with Crippen molar-refractivity contribution in [2.24, 2.45) is 0 Å². The van der Waals surface area contributed by atoms with Gasteiger partial charge in [-0.15, -0.1) is 0 Å². The predicted molar refractivity (Wildman–Crippen MR) is 122 cm³/mol. The summed E-state index contributed by atoms with van der Waals surface area (Å²) in [6.07, 6.45) is 6.13. The molecule has 8 nitrogen and oxygen atoms in total. The Morgan fingerprint density at radius 1 is 1.32 bits per heavy atom. The molecule has 2 heterocycles. The number of benzene rings is 1. The van der Waals surface area contributed by atoms with Crippen LogP contribution in [0.2, 0.25) is 5.02 Å². The molecule has 0 radical (unpaired) electrons. The number of nitrogens with zero attached hydrogens (tertiary/aromatic N) is 5. The number of halogens is 1. The van der Waals surface area contributed by atoms with Crippen LogP contribution in [-0.4, -0.2) is 51.9 Å². The lowest BCUT2D eigenvalue weighted by Crippen LogP contribution is -2.22. The van der Waals surface area contributed by atoms with E-state index in [9.17, 15) is 10.1 Å². The summed E-state index contributed by atoms with van der Waals surface area (Å²) in [5.74, 6) is 0.461. The van der Waals surface area contributed by atoms with Crippen molar-refractivity contribution in [2.75, 3.05) is 24.7 Å². The zero-order chi connectivity index (χ0) is 22.0. The molecule has 2 N–H and O–H groups in total. The summed E-state index contributed by atoms with van der Waals surface area (Å²) >= 11 is 7.34. The topological polar surface area (TPSA) is 107 Å². The molecule has 0 unspecified atom stereocenters. The molecule has 2 aromatic heterocycles. The predicted octanol–water partition coefficient (Wildman–Crippen LogP) is 3.95. The molecule has 1 aliphatic rings. The molecule has 0 bridgehead atoms. The summed E-state index contributed by atoms with van der Waals surface area (Å²) < 4.78 is 0.934. The first kappa shape index (κ1) is 21.0. The van der Waals surface area contributed by atoms with Crippen LogP contribution in [-0.2, 0) is 0 Å². The SMILES string of the molecule is CN(C)C(=O)c1ccc2nc(N[C@@H]3C[C@@H](Nc4ncc(Cl)cn4)CC3=CC#N)sc2c1.